The third-order valence-electron chi connectivity index (χ3n) is 2.94. The van der Waals surface area contributed by atoms with Crippen molar-refractivity contribution in [1.82, 2.24) is 9.78 Å². The van der Waals surface area contributed by atoms with Gasteiger partial charge in [0.15, 0.2) is 0 Å². The molecule has 2 N–H and O–H groups in total. The number of aliphatic hydroxyl groups is 1. The largest absolute Gasteiger partial charge is 0.492 e. The molecule has 108 valence electrons. The first-order valence-corrected chi connectivity index (χ1v) is 6.82. The summed E-state index contributed by atoms with van der Waals surface area (Å²) in [4.78, 5) is 0. The van der Waals surface area contributed by atoms with Gasteiger partial charge in [0.2, 0.25) is 0 Å². The maximum Gasteiger partial charge on any atom is 0.142 e. The second-order valence-electron chi connectivity index (χ2n) is 4.62. The fraction of sp³-hybridized carbons (Fsp3) is 0.400. The van der Waals surface area contributed by atoms with Gasteiger partial charge in [-0.1, -0.05) is 6.07 Å². The van der Waals surface area contributed by atoms with Gasteiger partial charge in [0.05, 0.1) is 31.6 Å². The van der Waals surface area contributed by atoms with Gasteiger partial charge in [0.25, 0.3) is 0 Å². The molecule has 2 rings (SSSR count). The molecule has 0 aliphatic carbocycles. The molecule has 0 saturated heterocycles. The highest BCUT2D eigenvalue weighted by Crippen LogP contribution is 2.26. The Hall–Kier alpha value is -2.01. The number of ether oxygens (including phenoxy) is 1. The lowest BCUT2D eigenvalue weighted by molar-refractivity contribution is 0.269. The number of aliphatic hydroxyl groups excluding tert-OH is 1. The van der Waals surface area contributed by atoms with Crippen LogP contribution >= 0.6 is 0 Å². The maximum atomic E-state index is 8.87. The van der Waals surface area contributed by atoms with Gasteiger partial charge in [0.1, 0.15) is 5.75 Å². The molecule has 0 atom stereocenters. The normalized spacial score (nSPS) is 10.6. The van der Waals surface area contributed by atoms with Crippen LogP contribution in [-0.4, -0.2) is 28.1 Å². The summed E-state index contributed by atoms with van der Waals surface area (Å²) >= 11 is 0. The molecule has 1 aromatic heterocycles. The number of aryl methyl sites for hydroxylation is 1. The van der Waals surface area contributed by atoms with Crippen LogP contribution in [0.25, 0.3) is 0 Å². The first kappa shape index (κ1) is 14.4. The van der Waals surface area contributed by atoms with E-state index in [9.17, 15) is 0 Å². The Morgan fingerprint density at radius 2 is 2.25 bits per heavy atom. The van der Waals surface area contributed by atoms with Crippen molar-refractivity contribution in [3.63, 3.8) is 0 Å². The Balaban J connectivity index is 2.02. The van der Waals surface area contributed by atoms with E-state index in [2.05, 4.69) is 16.5 Å². The molecule has 0 saturated carbocycles. The molecule has 5 heteroatoms. The predicted octanol–water partition coefficient (Wildman–Crippen LogP) is 2.19. The molecule has 0 unspecified atom stereocenters. The minimum atomic E-state index is 0.0982. The average molecular weight is 275 g/mol. The molecule has 0 bridgehead atoms. The molecule has 0 radical (unpaired) electrons. The molecule has 0 aliphatic rings. The minimum Gasteiger partial charge on any atom is -0.492 e. The topological polar surface area (TPSA) is 59.3 Å². The zero-order valence-corrected chi connectivity index (χ0v) is 12.0. The van der Waals surface area contributed by atoms with Crippen LogP contribution in [0.1, 0.15) is 18.1 Å². The standard InChI is InChI=1S/C15H21N3O2/c1-3-20-15-8-12(2)4-5-14(15)16-9-13-10-17-18(11-13)6-7-19/h4-5,8,10-11,16,19H,3,6-7,9H2,1-2H3. The number of anilines is 1. The molecular weight excluding hydrogens is 254 g/mol. The second-order valence-corrected chi connectivity index (χ2v) is 4.62. The number of benzene rings is 1. The van der Waals surface area contributed by atoms with Crippen molar-refractivity contribution in [2.45, 2.75) is 26.9 Å². The van der Waals surface area contributed by atoms with E-state index in [-0.39, 0.29) is 6.61 Å². The molecule has 20 heavy (non-hydrogen) atoms. The first-order valence-electron chi connectivity index (χ1n) is 6.82. The summed E-state index contributed by atoms with van der Waals surface area (Å²) in [6.07, 6.45) is 3.73. The average Bonchev–Trinajstić information content (AvgIpc) is 2.86. The monoisotopic (exact) mass is 275 g/mol. The van der Waals surface area contributed by atoms with Crippen LogP contribution in [-0.2, 0) is 13.1 Å². The summed E-state index contributed by atoms with van der Waals surface area (Å²) in [6, 6.07) is 6.11. The quantitative estimate of drug-likeness (QED) is 0.813. The summed E-state index contributed by atoms with van der Waals surface area (Å²) in [7, 11) is 0. The van der Waals surface area contributed by atoms with Crippen LogP contribution in [0.5, 0.6) is 5.75 Å². The zero-order chi connectivity index (χ0) is 14.4. The van der Waals surface area contributed by atoms with Crippen LogP contribution < -0.4 is 10.1 Å². The van der Waals surface area contributed by atoms with Crippen molar-refractivity contribution in [2.24, 2.45) is 0 Å². The minimum absolute atomic E-state index is 0.0982. The lowest BCUT2D eigenvalue weighted by Gasteiger charge is -2.12. The Morgan fingerprint density at radius 1 is 1.40 bits per heavy atom. The number of nitrogens with one attached hydrogen (secondary N) is 1. The predicted molar refractivity (Wildman–Crippen MR) is 79.0 cm³/mol. The van der Waals surface area contributed by atoms with Crippen molar-refractivity contribution < 1.29 is 9.84 Å². The molecule has 1 aromatic carbocycles. The van der Waals surface area contributed by atoms with E-state index in [1.54, 1.807) is 10.9 Å². The highest BCUT2D eigenvalue weighted by atomic mass is 16.5. The number of hydrogen-bond donors (Lipinski definition) is 2. The second kappa shape index (κ2) is 6.96. The van der Waals surface area contributed by atoms with Gasteiger partial charge in [-0.25, -0.2) is 0 Å². The number of nitrogens with zero attached hydrogens (tertiary/aromatic N) is 2. The van der Waals surface area contributed by atoms with Gasteiger partial charge < -0.3 is 15.2 Å². The Kier molecular flexibility index (Phi) is 5.01. The van der Waals surface area contributed by atoms with Gasteiger partial charge in [-0.2, -0.15) is 5.10 Å². The molecule has 0 fully saturated rings. The molecule has 0 amide bonds. The third-order valence-corrected chi connectivity index (χ3v) is 2.94. The van der Waals surface area contributed by atoms with Crippen LogP contribution in [0.4, 0.5) is 5.69 Å². The summed E-state index contributed by atoms with van der Waals surface area (Å²) in [5, 5.41) is 16.4. The van der Waals surface area contributed by atoms with E-state index in [1.165, 1.54) is 5.56 Å². The smallest absolute Gasteiger partial charge is 0.142 e. The summed E-state index contributed by atoms with van der Waals surface area (Å²) in [6.45, 7) is 5.97. The lowest BCUT2D eigenvalue weighted by atomic mass is 10.2. The summed E-state index contributed by atoms with van der Waals surface area (Å²) in [5.74, 6) is 0.871. The number of aromatic nitrogens is 2. The summed E-state index contributed by atoms with van der Waals surface area (Å²) < 4.78 is 7.37. The fourth-order valence-electron chi connectivity index (χ4n) is 1.97. The van der Waals surface area contributed by atoms with Gasteiger partial charge >= 0.3 is 0 Å². The van der Waals surface area contributed by atoms with E-state index in [4.69, 9.17) is 9.84 Å². The van der Waals surface area contributed by atoms with E-state index in [0.29, 0.717) is 19.7 Å². The highest BCUT2D eigenvalue weighted by molar-refractivity contribution is 5.57. The molecule has 5 nitrogen and oxygen atoms in total. The molecule has 0 spiro atoms. The zero-order valence-electron chi connectivity index (χ0n) is 12.0. The number of rotatable bonds is 7. The van der Waals surface area contributed by atoms with Gasteiger partial charge in [0, 0.05) is 18.3 Å². The SMILES string of the molecule is CCOc1cc(C)ccc1NCc1cnn(CCO)c1. The van der Waals surface area contributed by atoms with Crippen molar-refractivity contribution in [3.05, 3.63) is 41.7 Å². The van der Waals surface area contributed by atoms with E-state index >= 15 is 0 Å². The molecule has 1 heterocycles. The number of hydrogen-bond acceptors (Lipinski definition) is 4. The van der Waals surface area contributed by atoms with Crippen LogP contribution in [0, 0.1) is 6.92 Å². The third kappa shape index (κ3) is 3.74. The molecule has 0 aliphatic heterocycles. The highest BCUT2D eigenvalue weighted by Gasteiger charge is 2.04. The Labute approximate surface area is 119 Å². The van der Waals surface area contributed by atoms with E-state index < -0.39 is 0 Å². The fourth-order valence-corrected chi connectivity index (χ4v) is 1.97. The van der Waals surface area contributed by atoms with Crippen molar-refractivity contribution in [3.8, 4) is 5.75 Å². The lowest BCUT2D eigenvalue weighted by Crippen LogP contribution is -2.03. The van der Waals surface area contributed by atoms with Crippen molar-refractivity contribution >= 4 is 5.69 Å². The van der Waals surface area contributed by atoms with Gasteiger partial charge in [-0.15, -0.1) is 0 Å². The maximum absolute atomic E-state index is 8.87. The van der Waals surface area contributed by atoms with Gasteiger partial charge in [-0.05, 0) is 31.5 Å². The Bertz CT molecular complexity index is 552. The first-order chi connectivity index (χ1) is 9.72. The van der Waals surface area contributed by atoms with E-state index in [0.717, 1.165) is 17.0 Å². The van der Waals surface area contributed by atoms with E-state index in [1.807, 2.05) is 32.2 Å². The Morgan fingerprint density at radius 3 is 3.00 bits per heavy atom. The van der Waals surface area contributed by atoms with Gasteiger partial charge in [-0.3, -0.25) is 4.68 Å². The van der Waals surface area contributed by atoms with Crippen LogP contribution in [0.2, 0.25) is 0 Å². The van der Waals surface area contributed by atoms with Crippen molar-refractivity contribution in [1.29, 1.82) is 0 Å². The van der Waals surface area contributed by atoms with Crippen LogP contribution in [0.3, 0.4) is 0 Å². The molecule has 2 aromatic rings. The van der Waals surface area contributed by atoms with Crippen molar-refractivity contribution in [2.75, 3.05) is 18.5 Å². The summed E-state index contributed by atoms with van der Waals surface area (Å²) in [5.41, 5.74) is 3.23. The molecular formula is C15H21N3O2. The van der Waals surface area contributed by atoms with Crippen LogP contribution in [0.15, 0.2) is 30.6 Å².